The van der Waals surface area contributed by atoms with Gasteiger partial charge in [0.2, 0.25) is 0 Å². The average molecular weight is 284 g/mol. The molecule has 0 saturated heterocycles. The quantitative estimate of drug-likeness (QED) is 0.768. The van der Waals surface area contributed by atoms with Gasteiger partial charge in [0.05, 0.1) is 6.04 Å². The van der Waals surface area contributed by atoms with Crippen LogP contribution in [0.5, 0.6) is 5.75 Å². The highest BCUT2D eigenvalue weighted by atomic mass is 16.5. The number of hydrogen-bond acceptors (Lipinski definition) is 6. The highest BCUT2D eigenvalue weighted by molar-refractivity contribution is 5.42. The summed E-state index contributed by atoms with van der Waals surface area (Å²) in [6, 6.07) is 11.7. The fourth-order valence-electron chi connectivity index (χ4n) is 1.95. The number of hydrogen-bond donors (Lipinski definition) is 1. The van der Waals surface area contributed by atoms with Crippen LogP contribution in [0, 0.1) is 6.92 Å². The van der Waals surface area contributed by atoms with Gasteiger partial charge >= 0.3 is 0 Å². The number of benzene rings is 1. The normalized spacial score (nSPS) is 12.3. The van der Waals surface area contributed by atoms with Gasteiger partial charge in [0.1, 0.15) is 18.2 Å². The summed E-state index contributed by atoms with van der Waals surface area (Å²) in [5, 5.41) is 18.6. The Morgan fingerprint density at radius 1 is 1.29 bits per heavy atom. The Bertz CT molecular complexity index is 741. The molecule has 2 heterocycles. The van der Waals surface area contributed by atoms with Gasteiger partial charge in [-0.15, -0.1) is 14.8 Å². The lowest BCUT2D eigenvalue weighted by Crippen LogP contribution is -2.24. The molecule has 2 aromatic heterocycles. The summed E-state index contributed by atoms with van der Waals surface area (Å²) in [4.78, 5) is 0. The fraction of sp³-hybridized carbons (Fsp3) is 0.286. The maximum atomic E-state index is 5.76. The number of aryl methyl sites for hydroxylation is 1. The van der Waals surface area contributed by atoms with E-state index in [9.17, 15) is 0 Å². The van der Waals surface area contributed by atoms with E-state index in [1.54, 1.807) is 0 Å². The van der Waals surface area contributed by atoms with E-state index in [2.05, 4.69) is 25.9 Å². The van der Waals surface area contributed by atoms with Gasteiger partial charge in [-0.25, -0.2) is 0 Å². The third kappa shape index (κ3) is 3.25. The molecule has 0 aliphatic rings. The maximum Gasteiger partial charge on any atom is 0.200 e. The van der Waals surface area contributed by atoms with Crippen molar-refractivity contribution in [2.75, 3.05) is 11.9 Å². The van der Waals surface area contributed by atoms with Crippen LogP contribution in [0.15, 0.2) is 36.4 Å². The summed E-state index contributed by atoms with van der Waals surface area (Å²) in [5.74, 6) is 1.57. The number of anilines is 1. The van der Waals surface area contributed by atoms with Crippen molar-refractivity contribution in [3.05, 3.63) is 42.0 Å². The third-order valence-corrected chi connectivity index (χ3v) is 2.95. The standard InChI is InChI=1S/C14H16N6O/c1-10-4-3-5-12(8-10)21-9-11(2)15-13-6-7-14-16-18-19-20(14)17-13/h3-8,11H,9H2,1-2H3,(H,15,17). The van der Waals surface area contributed by atoms with Crippen molar-refractivity contribution in [2.45, 2.75) is 19.9 Å². The summed E-state index contributed by atoms with van der Waals surface area (Å²) in [6.45, 7) is 4.61. The first-order valence-electron chi connectivity index (χ1n) is 6.72. The largest absolute Gasteiger partial charge is 0.491 e. The van der Waals surface area contributed by atoms with Gasteiger partial charge in [0.15, 0.2) is 5.65 Å². The second kappa shape index (κ2) is 5.74. The van der Waals surface area contributed by atoms with E-state index in [4.69, 9.17) is 4.74 Å². The van der Waals surface area contributed by atoms with Crippen LogP contribution in [0.25, 0.3) is 5.65 Å². The van der Waals surface area contributed by atoms with Gasteiger partial charge in [0.25, 0.3) is 0 Å². The molecule has 1 aromatic carbocycles. The Labute approximate surface area is 121 Å². The molecule has 0 saturated carbocycles. The minimum Gasteiger partial charge on any atom is -0.491 e. The predicted octanol–water partition coefficient (Wildman–Crippen LogP) is 1.71. The molecule has 0 aliphatic heterocycles. The van der Waals surface area contributed by atoms with Gasteiger partial charge < -0.3 is 10.1 Å². The Morgan fingerprint density at radius 2 is 2.19 bits per heavy atom. The zero-order chi connectivity index (χ0) is 14.7. The fourth-order valence-corrected chi connectivity index (χ4v) is 1.95. The van der Waals surface area contributed by atoms with Crippen LogP contribution in [-0.4, -0.2) is 37.9 Å². The first-order valence-corrected chi connectivity index (χ1v) is 6.72. The van der Waals surface area contributed by atoms with Crippen LogP contribution in [0.2, 0.25) is 0 Å². The lowest BCUT2D eigenvalue weighted by atomic mass is 10.2. The van der Waals surface area contributed by atoms with Crippen molar-refractivity contribution < 1.29 is 4.74 Å². The van der Waals surface area contributed by atoms with E-state index in [-0.39, 0.29) is 6.04 Å². The number of rotatable bonds is 5. The second-order valence-corrected chi connectivity index (χ2v) is 4.92. The van der Waals surface area contributed by atoms with Crippen molar-refractivity contribution in [2.24, 2.45) is 0 Å². The van der Waals surface area contributed by atoms with Gasteiger partial charge in [-0.2, -0.15) is 0 Å². The lowest BCUT2D eigenvalue weighted by molar-refractivity contribution is 0.303. The molecule has 1 unspecified atom stereocenters. The molecule has 3 rings (SSSR count). The first kappa shape index (κ1) is 13.3. The van der Waals surface area contributed by atoms with E-state index in [1.165, 1.54) is 10.2 Å². The molecule has 0 aliphatic carbocycles. The molecule has 7 nitrogen and oxygen atoms in total. The Kier molecular flexibility index (Phi) is 3.63. The van der Waals surface area contributed by atoms with Gasteiger partial charge in [-0.05, 0) is 54.1 Å². The number of aromatic nitrogens is 5. The van der Waals surface area contributed by atoms with Crippen LogP contribution < -0.4 is 10.1 Å². The number of fused-ring (bicyclic) bond motifs is 1. The summed E-state index contributed by atoms with van der Waals surface area (Å²) in [6.07, 6.45) is 0. The molecular weight excluding hydrogens is 268 g/mol. The van der Waals surface area contributed by atoms with E-state index >= 15 is 0 Å². The Hall–Kier alpha value is -2.70. The smallest absolute Gasteiger partial charge is 0.200 e. The van der Waals surface area contributed by atoms with E-state index in [0.717, 1.165) is 5.75 Å². The summed E-state index contributed by atoms with van der Waals surface area (Å²) < 4.78 is 7.14. The van der Waals surface area contributed by atoms with Crippen LogP contribution in [0.1, 0.15) is 12.5 Å². The summed E-state index contributed by atoms with van der Waals surface area (Å²) in [5.41, 5.74) is 1.79. The van der Waals surface area contributed by atoms with Crippen molar-refractivity contribution >= 4 is 11.5 Å². The molecule has 7 heteroatoms. The molecule has 0 amide bonds. The van der Waals surface area contributed by atoms with Gasteiger partial charge in [0, 0.05) is 0 Å². The predicted molar refractivity (Wildman–Crippen MR) is 78.3 cm³/mol. The van der Waals surface area contributed by atoms with Gasteiger partial charge in [-0.1, -0.05) is 12.1 Å². The topological polar surface area (TPSA) is 77.2 Å². The first-order chi connectivity index (χ1) is 10.2. The van der Waals surface area contributed by atoms with E-state index in [1.807, 2.05) is 50.2 Å². The molecule has 0 bridgehead atoms. The molecule has 0 radical (unpaired) electrons. The van der Waals surface area contributed by atoms with Crippen molar-refractivity contribution in [1.82, 2.24) is 25.3 Å². The van der Waals surface area contributed by atoms with Crippen molar-refractivity contribution in [3.8, 4) is 5.75 Å². The molecule has 21 heavy (non-hydrogen) atoms. The zero-order valence-corrected chi connectivity index (χ0v) is 11.9. The molecule has 0 fully saturated rings. The van der Waals surface area contributed by atoms with Crippen LogP contribution >= 0.6 is 0 Å². The van der Waals surface area contributed by atoms with Crippen molar-refractivity contribution in [3.63, 3.8) is 0 Å². The lowest BCUT2D eigenvalue weighted by Gasteiger charge is -2.15. The number of nitrogens with zero attached hydrogens (tertiary/aromatic N) is 5. The van der Waals surface area contributed by atoms with E-state index < -0.39 is 0 Å². The molecule has 0 spiro atoms. The maximum absolute atomic E-state index is 5.76. The summed E-state index contributed by atoms with van der Waals surface area (Å²) >= 11 is 0. The monoisotopic (exact) mass is 284 g/mol. The highest BCUT2D eigenvalue weighted by Crippen LogP contribution is 2.13. The minimum absolute atomic E-state index is 0.104. The summed E-state index contributed by atoms with van der Waals surface area (Å²) in [7, 11) is 0. The number of ether oxygens (including phenoxy) is 1. The highest BCUT2D eigenvalue weighted by Gasteiger charge is 2.06. The minimum atomic E-state index is 0.104. The van der Waals surface area contributed by atoms with Crippen LogP contribution in [-0.2, 0) is 0 Å². The van der Waals surface area contributed by atoms with Gasteiger partial charge in [-0.3, -0.25) is 0 Å². The van der Waals surface area contributed by atoms with E-state index in [0.29, 0.717) is 18.1 Å². The molecule has 1 N–H and O–H groups in total. The number of nitrogens with one attached hydrogen (secondary N) is 1. The van der Waals surface area contributed by atoms with Crippen molar-refractivity contribution in [1.29, 1.82) is 0 Å². The third-order valence-electron chi connectivity index (χ3n) is 2.95. The zero-order valence-electron chi connectivity index (χ0n) is 11.9. The second-order valence-electron chi connectivity index (χ2n) is 4.92. The molecule has 108 valence electrons. The molecule has 3 aromatic rings. The van der Waals surface area contributed by atoms with Crippen LogP contribution in [0.3, 0.4) is 0 Å². The Morgan fingerprint density at radius 3 is 3.05 bits per heavy atom. The van der Waals surface area contributed by atoms with Crippen LogP contribution in [0.4, 0.5) is 5.82 Å². The molecular formula is C14H16N6O. The Balaban J connectivity index is 1.59. The SMILES string of the molecule is Cc1cccc(OCC(C)Nc2ccc3nnnn3n2)c1. The number of tetrazole rings is 1. The molecule has 1 atom stereocenters. The average Bonchev–Trinajstić information content (AvgIpc) is 2.93.